The maximum absolute atomic E-state index is 12.6. The van der Waals surface area contributed by atoms with Crippen molar-refractivity contribution in [3.8, 4) is 16.9 Å². The van der Waals surface area contributed by atoms with Gasteiger partial charge in [-0.3, -0.25) is 4.79 Å². The summed E-state index contributed by atoms with van der Waals surface area (Å²) >= 11 is 4.34. The second-order valence-corrected chi connectivity index (χ2v) is 10.2. The summed E-state index contributed by atoms with van der Waals surface area (Å²) in [4.78, 5) is 12.0. The summed E-state index contributed by atoms with van der Waals surface area (Å²) in [6, 6.07) is 17.8. The third-order valence-corrected chi connectivity index (χ3v) is 7.20. The van der Waals surface area contributed by atoms with E-state index in [2.05, 4.69) is 26.5 Å². The lowest BCUT2D eigenvalue weighted by molar-refractivity contribution is -0.120. The molecule has 0 spiro atoms. The minimum absolute atomic E-state index is 0.0368. The van der Waals surface area contributed by atoms with Crippen molar-refractivity contribution >= 4 is 49.7 Å². The highest BCUT2D eigenvalue weighted by Gasteiger charge is 2.24. The molecule has 156 valence electrons. The first-order valence-corrected chi connectivity index (χ1v) is 11.6. The molecule has 0 aliphatic rings. The van der Waals surface area contributed by atoms with Crippen LogP contribution in [0.3, 0.4) is 0 Å². The van der Waals surface area contributed by atoms with Gasteiger partial charge in [0.05, 0.1) is 17.3 Å². The Morgan fingerprint density at radius 1 is 1.17 bits per heavy atom. The second-order valence-electron chi connectivity index (χ2n) is 5.97. The van der Waals surface area contributed by atoms with Crippen molar-refractivity contribution in [2.75, 3.05) is 7.11 Å². The number of nitrogens with zero attached hydrogens (tertiary/aromatic N) is 1. The van der Waals surface area contributed by atoms with Gasteiger partial charge in [-0.1, -0.05) is 42.5 Å². The summed E-state index contributed by atoms with van der Waals surface area (Å²) in [5, 5.41) is 3.57. The molecular weight excluding hydrogens is 492 g/mol. The number of hydrogen-bond acceptors (Lipinski definition) is 7. The molecule has 0 bridgehead atoms. The Bertz CT molecular complexity index is 1160. The van der Waals surface area contributed by atoms with Crippen LogP contribution in [0, 0.1) is 0 Å². The van der Waals surface area contributed by atoms with E-state index in [0.29, 0.717) is 21.5 Å². The Morgan fingerprint density at radius 3 is 2.67 bits per heavy atom. The van der Waals surface area contributed by atoms with Crippen molar-refractivity contribution in [2.24, 2.45) is 5.10 Å². The molecule has 1 amide bonds. The summed E-state index contributed by atoms with van der Waals surface area (Å²) < 4.78 is 35.8. The van der Waals surface area contributed by atoms with Crippen LogP contribution in [0.25, 0.3) is 11.1 Å². The van der Waals surface area contributed by atoms with Gasteiger partial charge in [0.15, 0.2) is 4.21 Å². The molecule has 0 atom stereocenters. The monoisotopic (exact) mass is 508 g/mol. The van der Waals surface area contributed by atoms with Crippen LogP contribution in [0.4, 0.5) is 0 Å². The molecule has 3 rings (SSSR count). The molecule has 0 aliphatic carbocycles. The van der Waals surface area contributed by atoms with Crippen molar-refractivity contribution < 1.29 is 22.1 Å². The van der Waals surface area contributed by atoms with Crippen molar-refractivity contribution in [1.82, 2.24) is 5.43 Å². The largest absolute Gasteiger partial charge is 0.497 e. The lowest BCUT2D eigenvalue weighted by Crippen LogP contribution is -2.20. The predicted molar refractivity (Wildman–Crippen MR) is 119 cm³/mol. The number of hydrogen-bond donors (Lipinski definition) is 1. The molecule has 0 aliphatic heterocycles. The average Bonchev–Trinajstić information content (AvgIpc) is 3.15. The summed E-state index contributed by atoms with van der Waals surface area (Å²) in [7, 11) is -2.57. The number of thiophene rings is 1. The fraction of sp³-hybridized carbons (Fsp3) is 0.100. The maximum atomic E-state index is 12.6. The Labute approximate surface area is 186 Å². The van der Waals surface area contributed by atoms with E-state index < -0.39 is 16.0 Å². The molecule has 1 N–H and O–H groups in total. The van der Waals surface area contributed by atoms with Crippen LogP contribution in [0.5, 0.6) is 5.75 Å². The van der Waals surface area contributed by atoms with E-state index in [9.17, 15) is 13.2 Å². The van der Waals surface area contributed by atoms with Crippen LogP contribution in [0.1, 0.15) is 5.56 Å². The van der Waals surface area contributed by atoms with Gasteiger partial charge >= 0.3 is 10.1 Å². The van der Waals surface area contributed by atoms with Crippen molar-refractivity contribution in [1.29, 1.82) is 0 Å². The highest BCUT2D eigenvalue weighted by Crippen LogP contribution is 2.38. The number of ether oxygens (including phenoxy) is 1. The lowest BCUT2D eigenvalue weighted by atomic mass is 10.1. The van der Waals surface area contributed by atoms with Gasteiger partial charge in [-0.15, -0.1) is 16.4 Å². The first-order valence-electron chi connectivity index (χ1n) is 8.60. The molecule has 2 aromatic carbocycles. The zero-order valence-corrected chi connectivity index (χ0v) is 19.0. The third-order valence-electron chi connectivity index (χ3n) is 3.89. The predicted octanol–water partition coefficient (Wildman–Crippen LogP) is 4.19. The molecule has 0 saturated heterocycles. The van der Waals surface area contributed by atoms with E-state index in [1.54, 1.807) is 42.5 Å². The molecule has 1 aromatic heterocycles. The van der Waals surface area contributed by atoms with Crippen molar-refractivity contribution in [2.45, 2.75) is 10.6 Å². The number of halogens is 1. The van der Waals surface area contributed by atoms with Crippen LogP contribution >= 0.6 is 27.3 Å². The third kappa shape index (κ3) is 5.68. The molecule has 7 nitrogen and oxygen atoms in total. The number of carbonyl (C=O) groups is 1. The maximum Gasteiger partial charge on any atom is 0.350 e. The van der Waals surface area contributed by atoms with Gasteiger partial charge in [-0.2, -0.15) is 8.42 Å². The fourth-order valence-electron chi connectivity index (χ4n) is 2.58. The van der Waals surface area contributed by atoms with Gasteiger partial charge in [0.2, 0.25) is 12.3 Å². The minimum atomic E-state index is -4.11. The highest BCUT2D eigenvalue weighted by atomic mass is 79.9. The Balaban J connectivity index is 1.64. The van der Waals surface area contributed by atoms with E-state index in [4.69, 9.17) is 8.92 Å². The molecular formula is C20H17BrN2O5S2. The number of methoxy groups -OCH3 is 1. The normalized spacial score (nSPS) is 11.4. The summed E-state index contributed by atoms with van der Waals surface area (Å²) in [5.74, 6) is 0.207. The Morgan fingerprint density at radius 2 is 1.93 bits per heavy atom. The fourth-order valence-corrected chi connectivity index (χ4v) is 5.74. The van der Waals surface area contributed by atoms with E-state index >= 15 is 0 Å². The molecule has 3 aromatic rings. The van der Waals surface area contributed by atoms with Crippen LogP contribution in [-0.2, 0) is 25.5 Å². The summed E-state index contributed by atoms with van der Waals surface area (Å²) in [5.41, 5.74) is 4.22. The Kier molecular flexibility index (Phi) is 7.24. The van der Waals surface area contributed by atoms with Gasteiger partial charge in [0.25, 0.3) is 0 Å². The van der Waals surface area contributed by atoms with Gasteiger partial charge in [-0.05, 0) is 45.3 Å². The molecule has 0 saturated carbocycles. The van der Waals surface area contributed by atoms with Crippen molar-refractivity contribution in [3.63, 3.8) is 0 Å². The molecule has 30 heavy (non-hydrogen) atoms. The molecule has 0 unspecified atom stereocenters. The first-order chi connectivity index (χ1) is 14.4. The topological polar surface area (TPSA) is 94.1 Å². The van der Waals surface area contributed by atoms with E-state index in [1.807, 2.05) is 18.2 Å². The molecule has 10 heteroatoms. The minimum Gasteiger partial charge on any atom is -0.497 e. The SMILES string of the molecule is COc1cccc(CC(=O)N/N=C/OS(=O)(=O)c2sc(Br)cc2-c2ccccc2)c1. The van der Waals surface area contributed by atoms with Crippen LogP contribution < -0.4 is 10.2 Å². The smallest absolute Gasteiger partial charge is 0.350 e. The molecule has 1 heterocycles. The van der Waals surface area contributed by atoms with E-state index in [0.717, 1.165) is 22.5 Å². The second kappa shape index (κ2) is 9.88. The van der Waals surface area contributed by atoms with E-state index in [-0.39, 0.29) is 10.6 Å². The number of nitrogens with one attached hydrogen (secondary N) is 1. The van der Waals surface area contributed by atoms with Crippen LogP contribution in [-0.4, -0.2) is 27.8 Å². The van der Waals surface area contributed by atoms with Crippen LogP contribution in [0.2, 0.25) is 0 Å². The number of carbonyl (C=O) groups excluding carboxylic acids is 1. The number of benzene rings is 2. The zero-order valence-electron chi connectivity index (χ0n) is 15.7. The number of rotatable bonds is 8. The molecule has 0 radical (unpaired) electrons. The highest BCUT2D eigenvalue weighted by molar-refractivity contribution is 9.11. The standard InChI is InChI=1S/C20H17BrN2O5S2/c1-27-16-9-5-6-14(10-16)11-19(24)23-22-13-28-30(25,26)20-17(12-18(21)29-20)15-7-3-2-4-8-15/h2-10,12-13H,11H2,1H3,(H,23,24)/b22-13+. The van der Waals surface area contributed by atoms with Gasteiger partial charge in [0, 0.05) is 5.56 Å². The van der Waals surface area contributed by atoms with Gasteiger partial charge < -0.3 is 8.92 Å². The van der Waals surface area contributed by atoms with E-state index in [1.165, 1.54) is 7.11 Å². The number of amides is 1. The average molecular weight is 509 g/mol. The summed E-state index contributed by atoms with van der Waals surface area (Å²) in [6.07, 6.45) is 0.749. The first kappa shape index (κ1) is 22.0. The quantitative estimate of drug-likeness (QED) is 0.213. The van der Waals surface area contributed by atoms with Gasteiger partial charge in [-0.25, -0.2) is 5.43 Å². The lowest BCUT2D eigenvalue weighted by Gasteiger charge is -2.05. The Hall–Kier alpha value is -2.69. The van der Waals surface area contributed by atoms with Crippen molar-refractivity contribution in [3.05, 3.63) is 70.0 Å². The summed E-state index contributed by atoms with van der Waals surface area (Å²) in [6.45, 7) is 0. The zero-order chi connectivity index (χ0) is 21.6. The number of hydrazone groups is 1. The van der Waals surface area contributed by atoms with Gasteiger partial charge in [0.1, 0.15) is 5.75 Å². The van der Waals surface area contributed by atoms with Crippen LogP contribution in [0.15, 0.2) is 73.8 Å². The molecule has 0 fully saturated rings.